The molecule has 3 rings (SSSR count). The molecule has 2 N–H and O–H groups in total. The maximum atomic E-state index is 12.8. The van der Waals surface area contributed by atoms with Crippen LogP contribution in [-0.2, 0) is 4.79 Å². The number of hydrogen-bond acceptors (Lipinski definition) is 3. The first-order chi connectivity index (χ1) is 14.6. The first kappa shape index (κ1) is 21.4. The molecule has 3 aromatic rings. The number of nitrogens with one attached hydrogen (secondary N) is 2. The van der Waals surface area contributed by atoms with Gasteiger partial charge in [0.25, 0.3) is 5.91 Å². The van der Waals surface area contributed by atoms with Crippen LogP contribution in [0.4, 0.5) is 5.69 Å². The van der Waals surface area contributed by atoms with Crippen LogP contribution in [0.5, 0.6) is 0 Å². The van der Waals surface area contributed by atoms with Gasteiger partial charge in [-0.2, -0.15) is 0 Å². The van der Waals surface area contributed by atoms with Crippen molar-refractivity contribution in [3.63, 3.8) is 0 Å². The van der Waals surface area contributed by atoms with Gasteiger partial charge in [-0.15, -0.1) is 11.8 Å². The largest absolute Gasteiger partial charge is 0.345 e. The smallest absolute Gasteiger partial charge is 0.253 e. The van der Waals surface area contributed by atoms with Crippen LogP contribution < -0.4 is 10.6 Å². The Labute approximate surface area is 181 Å². The van der Waals surface area contributed by atoms with Gasteiger partial charge in [0.05, 0.1) is 17.3 Å². The fourth-order valence-electron chi connectivity index (χ4n) is 2.95. The summed E-state index contributed by atoms with van der Waals surface area (Å²) in [5.41, 5.74) is 2.85. The van der Waals surface area contributed by atoms with Crippen molar-refractivity contribution < 1.29 is 9.59 Å². The van der Waals surface area contributed by atoms with Gasteiger partial charge >= 0.3 is 0 Å². The van der Waals surface area contributed by atoms with E-state index in [1.165, 1.54) is 11.0 Å². The lowest BCUT2D eigenvalue weighted by Crippen LogP contribution is -2.27. The van der Waals surface area contributed by atoms with Crippen molar-refractivity contribution in [3.8, 4) is 0 Å². The lowest BCUT2D eigenvalue weighted by atomic mass is 10.1. The normalized spacial score (nSPS) is 11.8. The highest BCUT2D eigenvalue weighted by Crippen LogP contribution is 2.19. The minimum Gasteiger partial charge on any atom is -0.345 e. The number of para-hydroxylation sites is 1. The maximum Gasteiger partial charge on any atom is 0.253 e. The molecule has 152 valence electrons. The van der Waals surface area contributed by atoms with Crippen LogP contribution in [0, 0.1) is 0 Å². The lowest BCUT2D eigenvalue weighted by molar-refractivity contribution is -0.111. The predicted molar refractivity (Wildman–Crippen MR) is 125 cm³/mol. The quantitative estimate of drug-likeness (QED) is 0.392. The zero-order valence-corrected chi connectivity index (χ0v) is 17.8. The summed E-state index contributed by atoms with van der Waals surface area (Å²) in [7, 11) is 0. The Hall–Kier alpha value is -3.31. The van der Waals surface area contributed by atoms with E-state index in [4.69, 9.17) is 0 Å². The van der Waals surface area contributed by atoms with Crippen LogP contribution in [0.3, 0.4) is 0 Å². The van der Waals surface area contributed by atoms with Crippen LogP contribution in [0.1, 0.15) is 34.5 Å². The van der Waals surface area contributed by atoms with Gasteiger partial charge in [-0.05, 0) is 54.6 Å². The van der Waals surface area contributed by atoms with Gasteiger partial charge in [-0.3, -0.25) is 9.59 Å². The second-order valence-corrected chi connectivity index (χ2v) is 7.63. The molecule has 0 aliphatic heterocycles. The molecule has 0 bridgehead atoms. The average Bonchev–Trinajstić information content (AvgIpc) is 2.79. The topological polar surface area (TPSA) is 58.2 Å². The van der Waals surface area contributed by atoms with Crippen molar-refractivity contribution in [1.29, 1.82) is 0 Å². The minimum absolute atomic E-state index is 0.147. The Morgan fingerprint density at radius 3 is 2.27 bits per heavy atom. The summed E-state index contributed by atoms with van der Waals surface area (Å²) in [5.74, 6) is -0.529. The zero-order chi connectivity index (χ0) is 21.3. The van der Waals surface area contributed by atoms with Crippen molar-refractivity contribution in [3.05, 3.63) is 102 Å². The van der Waals surface area contributed by atoms with Gasteiger partial charge < -0.3 is 10.6 Å². The number of amides is 2. The molecule has 0 aliphatic rings. The molecule has 4 nitrogen and oxygen atoms in total. The van der Waals surface area contributed by atoms with Gasteiger partial charge in [0.1, 0.15) is 0 Å². The molecule has 5 heteroatoms. The highest BCUT2D eigenvalue weighted by molar-refractivity contribution is 7.98. The molecule has 0 unspecified atom stereocenters. The summed E-state index contributed by atoms with van der Waals surface area (Å²) in [6.45, 7) is 1.93. The number of rotatable bonds is 7. The summed E-state index contributed by atoms with van der Waals surface area (Å²) >= 11 is 1.67. The molecule has 0 aliphatic carbocycles. The third-order valence-electron chi connectivity index (χ3n) is 4.62. The Kier molecular flexibility index (Phi) is 7.46. The highest BCUT2D eigenvalue weighted by atomic mass is 32.2. The van der Waals surface area contributed by atoms with Gasteiger partial charge in [-0.25, -0.2) is 0 Å². The molecule has 1 atom stereocenters. The maximum absolute atomic E-state index is 12.8. The zero-order valence-electron chi connectivity index (χ0n) is 17.0. The van der Waals surface area contributed by atoms with E-state index in [0.29, 0.717) is 11.3 Å². The van der Waals surface area contributed by atoms with E-state index in [2.05, 4.69) is 10.6 Å². The minimum atomic E-state index is -0.291. The van der Waals surface area contributed by atoms with E-state index >= 15 is 0 Å². The van der Waals surface area contributed by atoms with E-state index in [1.807, 2.05) is 67.8 Å². The first-order valence-electron chi connectivity index (χ1n) is 9.65. The first-order valence-corrected chi connectivity index (χ1v) is 10.9. The van der Waals surface area contributed by atoms with E-state index < -0.39 is 0 Å². The molecule has 0 saturated carbocycles. The van der Waals surface area contributed by atoms with Crippen molar-refractivity contribution in [2.75, 3.05) is 11.6 Å². The number of hydrogen-bond donors (Lipinski definition) is 2. The van der Waals surface area contributed by atoms with Crippen LogP contribution in [-0.4, -0.2) is 18.1 Å². The molecule has 2 amide bonds. The summed E-state index contributed by atoms with van der Waals surface area (Å²) in [4.78, 5) is 26.3. The van der Waals surface area contributed by atoms with Crippen LogP contribution in [0.25, 0.3) is 6.08 Å². The molecular formula is C25H24N2O2S. The standard InChI is InChI=1S/C25H24N2O2S/c1-18(20-8-4-3-5-9-20)26-25(29)22-10-6-7-11-23(22)27-24(28)17-14-19-12-15-21(30-2)16-13-19/h3-18H,1-2H3,(H,26,29)(H,27,28)/b17-14+/t18-/m0/s1. The van der Waals surface area contributed by atoms with Crippen LogP contribution in [0.15, 0.2) is 89.8 Å². The predicted octanol–water partition coefficient (Wildman–Crippen LogP) is 5.55. The molecule has 30 heavy (non-hydrogen) atoms. The summed E-state index contributed by atoms with van der Waals surface area (Å²) < 4.78 is 0. The van der Waals surface area contributed by atoms with Gasteiger partial charge in [0.2, 0.25) is 5.91 Å². The fourth-order valence-corrected chi connectivity index (χ4v) is 3.36. The third-order valence-corrected chi connectivity index (χ3v) is 5.36. The van der Waals surface area contributed by atoms with Crippen LogP contribution in [0.2, 0.25) is 0 Å². The Morgan fingerprint density at radius 1 is 0.900 bits per heavy atom. The number of carbonyl (C=O) groups excluding carboxylic acids is 2. The number of anilines is 1. The van der Waals surface area contributed by atoms with E-state index in [1.54, 1.807) is 42.1 Å². The Morgan fingerprint density at radius 2 is 1.57 bits per heavy atom. The SMILES string of the molecule is CSc1ccc(/C=C/C(=O)Nc2ccccc2C(=O)N[C@@H](C)c2ccccc2)cc1. The van der Waals surface area contributed by atoms with E-state index in [0.717, 1.165) is 11.1 Å². The Bertz CT molecular complexity index is 1030. The number of benzene rings is 3. The molecule has 0 heterocycles. The number of thioether (sulfide) groups is 1. The number of carbonyl (C=O) groups is 2. The van der Waals surface area contributed by atoms with Gasteiger partial charge in [-0.1, -0.05) is 54.6 Å². The highest BCUT2D eigenvalue weighted by Gasteiger charge is 2.15. The third kappa shape index (κ3) is 5.84. The summed E-state index contributed by atoms with van der Waals surface area (Å²) in [5, 5.41) is 5.79. The molecule has 3 aromatic carbocycles. The average molecular weight is 417 g/mol. The molecule has 0 radical (unpaired) electrons. The second-order valence-electron chi connectivity index (χ2n) is 6.75. The fraction of sp³-hybridized carbons (Fsp3) is 0.120. The van der Waals surface area contributed by atoms with Crippen molar-refractivity contribution in [2.24, 2.45) is 0 Å². The van der Waals surface area contributed by atoms with Crippen molar-refractivity contribution >= 4 is 35.3 Å². The van der Waals surface area contributed by atoms with Crippen LogP contribution >= 0.6 is 11.8 Å². The second kappa shape index (κ2) is 10.5. The van der Waals surface area contributed by atoms with Crippen molar-refractivity contribution in [2.45, 2.75) is 17.9 Å². The monoisotopic (exact) mass is 416 g/mol. The summed E-state index contributed by atoms with van der Waals surface area (Å²) in [6, 6.07) is 24.5. The molecule has 0 saturated heterocycles. The summed E-state index contributed by atoms with van der Waals surface area (Å²) in [6.07, 6.45) is 5.24. The van der Waals surface area contributed by atoms with Gasteiger partial charge in [0.15, 0.2) is 0 Å². The Balaban J connectivity index is 1.67. The van der Waals surface area contributed by atoms with E-state index in [9.17, 15) is 9.59 Å². The van der Waals surface area contributed by atoms with Gasteiger partial charge in [0, 0.05) is 11.0 Å². The van der Waals surface area contributed by atoms with Crippen molar-refractivity contribution in [1.82, 2.24) is 5.32 Å². The molecule has 0 aromatic heterocycles. The molecule has 0 fully saturated rings. The molecule has 0 spiro atoms. The molecular weight excluding hydrogens is 392 g/mol. The lowest BCUT2D eigenvalue weighted by Gasteiger charge is -2.16. The van der Waals surface area contributed by atoms with E-state index in [-0.39, 0.29) is 17.9 Å².